The molecule has 0 radical (unpaired) electrons. The zero-order chi connectivity index (χ0) is 20.6. The molecule has 1 aliphatic rings. The predicted octanol–water partition coefficient (Wildman–Crippen LogP) is 2.15. The molecule has 0 aliphatic carbocycles. The normalized spacial score (nSPS) is 13.0. The SMILES string of the molecule is C[C@H](NC(=O)Nc1ccccc1)C(=O)OCC(=O)Nc1ccc2c(c1)OCCO2. The molecular weight excluding hydrogens is 378 g/mol. The van der Waals surface area contributed by atoms with Gasteiger partial charge in [-0.1, -0.05) is 18.2 Å². The number of rotatable bonds is 6. The molecule has 3 N–H and O–H groups in total. The number of anilines is 2. The quantitative estimate of drug-likeness (QED) is 0.641. The highest BCUT2D eigenvalue weighted by Crippen LogP contribution is 2.32. The molecule has 3 amide bonds. The lowest BCUT2D eigenvalue weighted by molar-refractivity contribution is -0.148. The maximum atomic E-state index is 12.0. The van der Waals surface area contributed by atoms with Gasteiger partial charge in [0, 0.05) is 17.4 Å². The molecule has 152 valence electrons. The van der Waals surface area contributed by atoms with Crippen LogP contribution in [0.1, 0.15) is 6.92 Å². The summed E-state index contributed by atoms with van der Waals surface area (Å²) in [5.41, 5.74) is 1.08. The second-order valence-electron chi connectivity index (χ2n) is 6.20. The first-order chi connectivity index (χ1) is 14.0. The molecule has 2 aromatic rings. The van der Waals surface area contributed by atoms with Crippen LogP contribution in [0.4, 0.5) is 16.2 Å². The Hall–Kier alpha value is -3.75. The summed E-state index contributed by atoms with van der Waals surface area (Å²) >= 11 is 0. The van der Waals surface area contributed by atoms with Gasteiger partial charge in [-0.2, -0.15) is 0 Å². The van der Waals surface area contributed by atoms with Gasteiger partial charge >= 0.3 is 12.0 Å². The fourth-order valence-corrected chi connectivity index (χ4v) is 2.52. The molecule has 0 aromatic heterocycles. The molecule has 29 heavy (non-hydrogen) atoms. The lowest BCUT2D eigenvalue weighted by atomic mass is 10.2. The Balaban J connectivity index is 1.42. The zero-order valence-corrected chi connectivity index (χ0v) is 15.8. The number of fused-ring (bicyclic) bond motifs is 1. The highest BCUT2D eigenvalue weighted by Gasteiger charge is 2.19. The Morgan fingerprint density at radius 3 is 2.45 bits per heavy atom. The summed E-state index contributed by atoms with van der Waals surface area (Å²) in [7, 11) is 0. The Morgan fingerprint density at radius 1 is 0.966 bits per heavy atom. The summed E-state index contributed by atoms with van der Waals surface area (Å²) < 4.78 is 15.8. The van der Waals surface area contributed by atoms with Crippen molar-refractivity contribution < 1.29 is 28.6 Å². The second-order valence-corrected chi connectivity index (χ2v) is 6.20. The Kier molecular flexibility index (Phi) is 6.51. The summed E-state index contributed by atoms with van der Waals surface area (Å²) in [6.07, 6.45) is 0. The molecule has 9 heteroatoms. The van der Waals surface area contributed by atoms with Crippen molar-refractivity contribution in [1.29, 1.82) is 0 Å². The first kappa shape index (κ1) is 20.0. The van der Waals surface area contributed by atoms with Crippen LogP contribution in [0.3, 0.4) is 0 Å². The van der Waals surface area contributed by atoms with Gasteiger partial charge in [-0.05, 0) is 31.2 Å². The molecule has 0 saturated carbocycles. The minimum atomic E-state index is -0.930. The third-order valence-corrected chi connectivity index (χ3v) is 3.90. The van der Waals surface area contributed by atoms with Crippen LogP contribution in [-0.2, 0) is 14.3 Å². The van der Waals surface area contributed by atoms with Crippen molar-refractivity contribution in [2.75, 3.05) is 30.5 Å². The van der Waals surface area contributed by atoms with E-state index >= 15 is 0 Å². The maximum Gasteiger partial charge on any atom is 0.328 e. The van der Waals surface area contributed by atoms with Crippen molar-refractivity contribution >= 4 is 29.3 Å². The number of carbonyl (C=O) groups is 3. The number of carbonyl (C=O) groups excluding carboxylic acids is 3. The minimum Gasteiger partial charge on any atom is -0.486 e. The number of amides is 3. The number of ether oxygens (including phenoxy) is 3. The van der Waals surface area contributed by atoms with Crippen LogP contribution in [0.15, 0.2) is 48.5 Å². The van der Waals surface area contributed by atoms with Crippen LogP contribution >= 0.6 is 0 Å². The van der Waals surface area contributed by atoms with E-state index in [0.29, 0.717) is 36.1 Å². The molecule has 2 aromatic carbocycles. The van der Waals surface area contributed by atoms with E-state index in [1.165, 1.54) is 6.92 Å². The Labute approximate surface area is 167 Å². The molecule has 1 atom stereocenters. The average Bonchev–Trinajstić information content (AvgIpc) is 2.72. The van der Waals surface area contributed by atoms with Gasteiger partial charge in [-0.3, -0.25) is 4.79 Å². The standard InChI is InChI=1S/C20H21N3O6/c1-13(21-20(26)23-14-5-3-2-4-6-14)19(25)29-12-18(24)22-15-7-8-16-17(11-15)28-10-9-27-16/h2-8,11,13H,9-10,12H2,1H3,(H,22,24)(H2,21,23,26)/t13-/m0/s1. The van der Waals surface area contributed by atoms with Crippen LogP contribution in [0, 0.1) is 0 Å². The molecule has 3 rings (SSSR count). The van der Waals surface area contributed by atoms with Crippen molar-refractivity contribution in [1.82, 2.24) is 5.32 Å². The zero-order valence-electron chi connectivity index (χ0n) is 15.8. The van der Waals surface area contributed by atoms with Gasteiger partial charge < -0.3 is 30.2 Å². The van der Waals surface area contributed by atoms with Gasteiger partial charge in [0.2, 0.25) is 0 Å². The van der Waals surface area contributed by atoms with Crippen molar-refractivity contribution in [2.45, 2.75) is 13.0 Å². The van der Waals surface area contributed by atoms with Gasteiger partial charge in [0.25, 0.3) is 5.91 Å². The maximum absolute atomic E-state index is 12.0. The van der Waals surface area contributed by atoms with Crippen molar-refractivity contribution in [3.05, 3.63) is 48.5 Å². The van der Waals surface area contributed by atoms with Gasteiger partial charge in [0.05, 0.1) is 0 Å². The first-order valence-corrected chi connectivity index (χ1v) is 9.00. The van der Waals surface area contributed by atoms with Crippen molar-refractivity contribution in [3.63, 3.8) is 0 Å². The summed E-state index contributed by atoms with van der Waals surface area (Å²) in [5.74, 6) is -0.107. The number of para-hydroxylation sites is 1. The molecule has 0 spiro atoms. The van der Waals surface area contributed by atoms with Gasteiger partial charge in [0.15, 0.2) is 18.1 Å². The van der Waals surface area contributed by atoms with E-state index in [2.05, 4.69) is 16.0 Å². The third kappa shape index (κ3) is 5.86. The molecule has 0 fully saturated rings. The molecule has 0 saturated heterocycles. The topological polar surface area (TPSA) is 115 Å². The summed E-state index contributed by atoms with van der Waals surface area (Å²) in [6, 6.07) is 12.3. The lowest BCUT2D eigenvalue weighted by Crippen LogP contribution is -2.42. The van der Waals surface area contributed by atoms with Gasteiger partial charge in [0.1, 0.15) is 19.3 Å². The molecule has 9 nitrogen and oxygen atoms in total. The Bertz CT molecular complexity index is 887. The largest absolute Gasteiger partial charge is 0.486 e. The summed E-state index contributed by atoms with van der Waals surface area (Å²) in [4.78, 5) is 35.9. The monoisotopic (exact) mass is 399 g/mol. The predicted molar refractivity (Wildman–Crippen MR) is 105 cm³/mol. The van der Waals surface area contributed by atoms with Crippen LogP contribution in [0.25, 0.3) is 0 Å². The van der Waals surface area contributed by atoms with Crippen LogP contribution in [0.2, 0.25) is 0 Å². The molecule has 0 bridgehead atoms. The highest BCUT2D eigenvalue weighted by atomic mass is 16.6. The summed E-state index contributed by atoms with van der Waals surface area (Å²) in [6.45, 7) is 1.89. The van der Waals surface area contributed by atoms with Crippen molar-refractivity contribution in [3.8, 4) is 11.5 Å². The molecule has 1 heterocycles. The lowest BCUT2D eigenvalue weighted by Gasteiger charge is -2.19. The number of urea groups is 1. The van der Waals surface area contributed by atoms with Gasteiger partial charge in [-0.25, -0.2) is 9.59 Å². The number of esters is 1. The third-order valence-electron chi connectivity index (χ3n) is 3.90. The van der Waals surface area contributed by atoms with E-state index in [9.17, 15) is 14.4 Å². The van der Waals surface area contributed by atoms with Crippen LogP contribution in [-0.4, -0.2) is 43.8 Å². The second kappa shape index (κ2) is 9.45. The number of hydrogen-bond donors (Lipinski definition) is 3. The minimum absolute atomic E-state index is 0.435. The van der Waals surface area contributed by atoms with Crippen LogP contribution < -0.4 is 25.4 Å². The smallest absolute Gasteiger partial charge is 0.328 e. The van der Waals surface area contributed by atoms with E-state index in [1.54, 1.807) is 42.5 Å². The Morgan fingerprint density at radius 2 is 1.69 bits per heavy atom. The number of hydrogen-bond acceptors (Lipinski definition) is 6. The number of nitrogens with one attached hydrogen (secondary N) is 3. The van der Waals surface area contributed by atoms with E-state index in [4.69, 9.17) is 14.2 Å². The van der Waals surface area contributed by atoms with Crippen molar-refractivity contribution in [2.24, 2.45) is 0 Å². The molecule has 1 aliphatic heterocycles. The van der Waals surface area contributed by atoms with E-state index in [0.717, 1.165) is 0 Å². The molecule has 0 unspecified atom stereocenters. The van der Waals surface area contributed by atoms with Gasteiger partial charge in [-0.15, -0.1) is 0 Å². The first-order valence-electron chi connectivity index (χ1n) is 9.00. The summed E-state index contributed by atoms with van der Waals surface area (Å²) in [5, 5.41) is 7.65. The van der Waals surface area contributed by atoms with E-state index in [1.807, 2.05) is 6.07 Å². The van der Waals surface area contributed by atoms with E-state index < -0.39 is 30.6 Å². The molecular formula is C20H21N3O6. The fraction of sp³-hybridized carbons (Fsp3) is 0.250. The van der Waals surface area contributed by atoms with E-state index in [-0.39, 0.29) is 0 Å². The van der Waals surface area contributed by atoms with Crippen LogP contribution in [0.5, 0.6) is 11.5 Å². The number of benzene rings is 2. The fourth-order valence-electron chi connectivity index (χ4n) is 2.52. The highest BCUT2D eigenvalue weighted by molar-refractivity contribution is 5.95. The average molecular weight is 399 g/mol.